The summed E-state index contributed by atoms with van der Waals surface area (Å²) in [7, 11) is 2.46. The minimum Gasteiger partial charge on any atom is -0.465 e. The van der Waals surface area contributed by atoms with E-state index >= 15 is 0 Å². The number of amides is 2. The van der Waals surface area contributed by atoms with Gasteiger partial charge in [0.25, 0.3) is 0 Å². The van der Waals surface area contributed by atoms with Crippen LogP contribution in [0.4, 0.5) is 16.2 Å². The molecule has 0 unspecified atom stereocenters. The zero-order valence-corrected chi connectivity index (χ0v) is 15.3. The Morgan fingerprint density at radius 2 is 1.36 bits per heavy atom. The topological polar surface area (TPSA) is 93.7 Å². The second-order valence-corrected chi connectivity index (χ2v) is 5.89. The Balaban J connectivity index is 1.86. The fraction of sp³-hybridized carbons (Fsp3) is 0.0952. The number of nitrogens with one attached hydrogen (secondary N) is 2. The Labute approximate surface area is 161 Å². The molecular formula is C21H18N2O5. The molecule has 2 amide bonds. The van der Waals surface area contributed by atoms with E-state index in [1.807, 2.05) is 36.4 Å². The molecule has 0 spiro atoms. The van der Waals surface area contributed by atoms with Crippen molar-refractivity contribution < 1.29 is 23.9 Å². The summed E-state index contributed by atoms with van der Waals surface area (Å²) >= 11 is 0. The summed E-state index contributed by atoms with van der Waals surface area (Å²) in [5, 5.41) is 7.28. The van der Waals surface area contributed by atoms with Gasteiger partial charge in [-0.25, -0.2) is 14.4 Å². The van der Waals surface area contributed by atoms with Gasteiger partial charge in [0.2, 0.25) is 0 Å². The molecule has 7 heteroatoms. The van der Waals surface area contributed by atoms with Crippen molar-refractivity contribution in [1.29, 1.82) is 0 Å². The SMILES string of the molecule is COC(=O)c1cc(NC(=O)Nc2cccc3ccccc23)cc(C(=O)OC)c1. The zero-order valence-electron chi connectivity index (χ0n) is 15.3. The second kappa shape index (κ2) is 8.22. The van der Waals surface area contributed by atoms with Gasteiger partial charge in [0, 0.05) is 11.1 Å². The molecule has 0 heterocycles. The Bertz CT molecular complexity index is 1020. The molecule has 28 heavy (non-hydrogen) atoms. The van der Waals surface area contributed by atoms with E-state index in [0.29, 0.717) is 5.69 Å². The molecule has 3 aromatic rings. The number of esters is 2. The summed E-state index contributed by atoms with van der Waals surface area (Å²) in [5.74, 6) is -1.27. The number of hydrogen-bond acceptors (Lipinski definition) is 5. The van der Waals surface area contributed by atoms with Gasteiger partial charge in [-0.15, -0.1) is 0 Å². The van der Waals surface area contributed by atoms with E-state index in [-0.39, 0.29) is 16.8 Å². The number of methoxy groups -OCH3 is 2. The van der Waals surface area contributed by atoms with Gasteiger partial charge in [-0.1, -0.05) is 36.4 Å². The summed E-state index contributed by atoms with van der Waals surface area (Å²) in [6.07, 6.45) is 0. The van der Waals surface area contributed by atoms with Crippen molar-refractivity contribution in [3.63, 3.8) is 0 Å². The fourth-order valence-corrected chi connectivity index (χ4v) is 2.79. The van der Waals surface area contributed by atoms with Crippen LogP contribution >= 0.6 is 0 Å². The van der Waals surface area contributed by atoms with Gasteiger partial charge < -0.3 is 20.1 Å². The highest BCUT2D eigenvalue weighted by Crippen LogP contribution is 2.23. The van der Waals surface area contributed by atoms with E-state index in [1.165, 1.54) is 32.4 Å². The third-order valence-electron chi connectivity index (χ3n) is 4.07. The number of fused-ring (bicyclic) bond motifs is 1. The van der Waals surface area contributed by atoms with Crippen LogP contribution in [0.15, 0.2) is 60.7 Å². The molecule has 0 aliphatic rings. The molecule has 0 bridgehead atoms. The maximum Gasteiger partial charge on any atom is 0.337 e. The van der Waals surface area contributed by atoms with Gasteiger partial charge in [-0.2, -0.15) is 0 Å². The van der Waals surface area contributed by atoms with Crippen molar-refractivity contribution in [2.45, 2.75) is 0 Å². The van der Waals surface area contributed by atoms with Gasteiger partial charge in [-0.05, 0) is 29.7 Å². The number of urea groups is 1. The van der Waals surface area contributed by atoms with Crippen molar-refractivity contribution in [3.05, 3.63) is 71.8 Å². The molecule has 0 saturated heterocycles. The minimum absolute atomic E-state index is 0.117. The van der Waals surface area contributed by atoms with Crippen LogP contribution in [0.2, 0.25) is 0 Å². The van der Waals surface area contributed by atoms with Crippen molar-refractivity contribution in [2.24, 2.45) is 0 Å². The van der Waals surface area contributed by atoms with Crippen LogP contribution in [0, 0.1) is 0 Å². The van der Waals surface area contributed by atoms with Crippen LogP contribution < -0.4 is 10.6 Å². The van der Waals surface area contributed by atoms with E-state index in [9.17, 15) is 14.4 Å². The molecule has 142 valence electrons. The van der Waals surface area contributed by atoms with Crippen molar-refractivity contribution in [1.82, 2.24) is 0 Å². The average molecular weight is 378 g/mol. The zero-order chi connectivity index (χ0) is 20.1. The lowest BCUT2D eigenvalue weighted by Crippen LogP contribution is -2.20. The van der Waals surface area contributed by atoms with Crippen LogP contribution in [-0.4, -0.2) is 32.2 Å². The monoisotopic (exact) mass is 378 g/mol. The highest BCUT2D eigenvalue weighted by Gasteiger charge is 2.15. The van der Waals surface area contributed by atoms with E-state index < -0.39 is 18.0 Å². The number of carbonyl (C=O) groups is 3. The summed E-state index contributed by atoms with van der Waals surface area (Å²) in [5.41, 5.74) is 1.12. The summed E-state index contributed by atoms with van der Waals surface area (Å²) in [6.45, 7) is 0. The van der Waals surface area contributed by atoms with Crippen LogP contribution in [-0.2, 0) is 9.47 Å². The van der Waals surface area contributed by atoms with Crippen LogP contribution in [0.1, 0.15) is 20.7 Å². The van der Waals surface area contributed by atoms with Crippen molar-refractivity contribution >= 4 is 40.1 Å². The molecule has 7 nitrogen and oxygen atoms in total. The summed E-state index contributed by atoms with van der Waals surface area (Å²) < 4.78 is 9.38. The van der Waals surface area contributed by atoms with Gasteiger partial charge in [0.15, 0.2) is 0 Å². The Hall–Kier alpha value is -3.87. The summed E-state index contributed by atoms with van der Waals surface area (Å²) in [4.78, 5) is 36.2. The van der Waals surface area contributed by atoms with Gasteiger partial charge in [-0.3, -0.25) is 0 Å². The van der Waals surface area contributed by atoms with Crippen LogP contribution in [0.3, 0.4) is 0 Å². The van der Waals surface area contributed by atoms with Gasteiger partial charge in [0.05, 0.1) is 31.0 Å². The lowest BCUT2D eigenvalue weighted by molar-refractivity contribution is 0.0599. The largest absolute Gasteiger partial charge is 0.465 e. The normalized spacial score (nSPS) is 10.2. The van der Waals surface area contributed by atoms with E-state index in [4.69, 9.17) is 0 Å². The standard InChI is InChI=1S/C21H18N2O5/c1-27-19(24)14-10-15(20(25)28-2)12-16(11-14)22-21(26)23-18-9-5-7-13-6-3-4-8-17(13)18/h3-12H,1-2H3,(H2,22,23,26). The molecule has 3 aromatic carbocycles. The third-order valence-corrected chi connectivity index (χ3v) is 4.07. The Morgan fingerprint density at radius 1 is 0.750 bits per heavy atom. The molecule has 0 aliphatic heterocycles. The highest BCUT2D eigenvalue weighted by molar-refractivity contribution is 6.07. The number of benzene rings is 3. The Morgan fingerprint density at radius 3 is 2.00 bits per heavy atom. The molecule has 0 aliphatic carbocycles. The molecule has 0 radical (unpaired) electrons. The quantitative estimate of drug-likeness (QED) is 0.668. The van der Waals surface area contributed by atoms with E-state index in [2.05, 4.69) is 20.1 Å². The fourth-order valence-electron chi connectivity index (χ4n) is 2.79. The first-order valence-electron chi connectivity index (χ1n) is 8.39. The molecular weight excluding hydrogens is 360 g/mol. The maximum absolute atomic E-state index is 12.5. The van der Waals surface area contributed by atoms with Gasteiger partial charge in [0.1, 0.15) is 0 Å². The average Bonchev–Trinajstić information content (AvgIpc) is 2.72. The number of carbonyl (C=O) groups excluding carboxylic acids is 3. The minimum atomic E-state index is -0.636. The number of rotatable bonds is 4. The highest BCUT2D eigenvalue weighted by atomic mass is 16.5. The number of hydrogen-bond donors (Lipinski definition) is 2. The lowest BCUT2D eigenvalue weighted by Gasteiger charge is -2.12. The Kier molecular flexibility index (Phi) is 5.55. The molecule has 3 rings (SSSR count). The van der Waals surface area contributed by atoms with E-state index in [0.717, 1.165) is 10.8 Å². The van der Waals surface area contributed by atoms with Crippen LogP contribution in [0.25, 0.3) is 10.8 Å². The molecule has 0 aromatic heterocycles. The van der Waals surface area contributed by atoms with Gasteiger partial charge >= 0.3 is 18.0 Å². The molecule has 0 saturated carbocycles. The first-order chi connectivity index (χ1) is 13.5. The van der Waals surface area contributed by atoms with Crippen molar-refractivity contribution in [3.8, 4) is 0 Å². The van der Waals surface area contributed by atoms with Crippen molar-refractivity contribution in [2.75, 3.05) is 24.9 Å². The second-order valence-electron chi connectivity index (χ2n) is 5.89. The molecule has 2 N–H and O–H groups in total. The predicted molar refractivity (Wildman–Crippen MR) is 106 cm³/mol. The molecule has 0 fully saturated rings. The maximum atomic E-state index is 12.5. The first kappa shape index (κ1) is 18.9. The first-order valence-corrected chi connectivity index (χ1v) is 8.39. The smallest absolute Gasteiger partial charge is 0.337 e. The van der Waals surface area contributed by atoms with E-state index in [1.54, 1.807) is 6.07 Å². The lowest BCUT2D eigenvalue weighted by atomic mass is 10.1. The summed E-state index contributed by atoms with van der Waals surface area (Å²) in [6, 6.07) is 16.9. The predicted octanol–water partition coefficient (Wildman–Crippen LogP) is 4.06. The molecule has 0 atom stereocenters. The number of ether oxygens (including phenoxy) is 2. The van der Waals surface area contributed by atoms with Crippen LogP contribution in [0.5, 0.6) is 0 Å². The number of anilines is 2. The third kappa shape index (κ3) is 4.09.